The number of carboxylic acids is 1. The minimum Gasteiger partial charge on any atom is -0.478 e. The van der Waals surface area contributed by atoms with Gasteiger partial charge in [-0.25, -0.2) is 4.79 Å². The number of benzene rings is 1. The Morgan fingerprint density at radius 1 is 1.29 bits per heavy atom. The molecule has 0 spiro atoms. The van der Waals surface area contributed by atoms with Crippen molar-refractivity contribution in [3.8, 4) is 0 Å². The number of rotatable bonds is 9. The van der Waals surface area contributed by atoms with E-state index in [9.17, 15) is 14.7 Å². The highest BCUT2D eigenvalue weighted by Gasteiger charge is 2.10. The van der Waals surface area contributed by atoms with Crippen molar-refractivity contribution in [1.29, 1.82) is 0 Å². The van der Waals surface area contributed by atoms with E-state index in [2.05, 4.69) is 5.32 Å². The highest BCUT2D eigenvalue weighted by atomic mass is 16.4. The third-order valence-electron chi connectivity index (χ3n) is 3.38. The highest BCUT2D eigenvalue weighted by Crippen LogP contribution is 2.11. The maximum atomic E-state index is 11.7. The van der Waals surface area contributed by atoms with Crippen LogP contribution in [0.2, 0.25) is 0 Å². The van der Waals surface area contributed by atoms with Gasteiger partial charge in [0.15, 0.2) is 0 Å². The number of aliphatic hydroxyl groups is 1. The third kappa shape index (κ3) is 6.40. The lowest BCUT2D eigenvalue weighted by Crippen LogP contribution is -2.25. The van der Waals surface area contributed by atoms with E-state index in [1.807, 2.05) is 6.92 Å². The number of hydrogen-bond acceptors (Lipinski definition) is 3. The van der Waals surface area contributed by atoms with Crippen molar-refractivity contribution in [2.75, 3.05) is 6.54 Å². The van der Waals surface area contributed by atoms with Crippen molar-refractivity contribution in [3.63, 3.8) is 0 Å². The number of hydrogen-bond donors (Lipinski definition) is 3. The van der Waals surface area contributed by atoms with Gasteiger partial charge in [-0.1, -0.05) is 25.1 Å². The fourth-order valence-corrected chi connectivity index (χ4v) is 2.05. The van der Waals surface area contributed by atoms with Crippen LogP contribution in [-0.2, 0) is 11.2 Å². The van der Waals surface area contributed by atoms with Crippen LogP contribution < -0.4 is 5.32 Å². The van der Waals surface area contributed by atoms with Gasteiger partial charge in [-0.2, -0.15) is 0 Å². The summed E-state index contributed by atoms with van der Waals surface area (Å²) in [5, 5.41) is 21.2. The van der Waals surface area contributed by atoms with Crippen LogP contribution in [0.15, 0.2) is 24.3 Å². The third-order valence-corrected chi connectivity index (χ3v) is 3.38. The molecule has 5 heteroatoms. The highest BCUT2D eigenvalue weighted by molar-refractivity contribution is 5.89. The van der Waals surface area contributed by atoms with E-state index in [0.29, 0.717) is 24.9 Å². The summed E-state index contributed by atoms with van der Waals surface area (Å²) >= 11 is 0. The lowest BCUT2D eigenvalue weighted by molar-refractivity contribution is -0.121. The van der Waals surface area contributed by atoms with Crippen molar-refractivity contribution in [1.82, 2.24) is 5.32 Å². The van der Waals surface area contributed by atoms with Crippen molar-refractivity contribution in [2.45, 2.75) is 45.1 Å². The van der Waals surface area contributed by atoms with Gasteiger partial charge in [-0.15, -0.1) is 0 Å². The lowest BCUT2D eigenvalue weighted by atomic mass is 10.0. The molecule has 0 aliphatic heterocycles. The van der Waals surface area contributed by atoms with E-state index >= 15 is 0 Å². The van der Waals surface area contributed by atoms with Gasteiger partial charge in [0, 0.05) is 13.0 Å². The van der Waals surface area contributed by atoms with E-state index in [1.54, 1.807) is 24.3 Å². The van der Waals surface area contributed by atoms with E-state index in [1.165, 1.54) is 0 Å². The molecule has 0 radical (unpaired) electrons. The quantitative estimate of drug-likeness (QED) is 0.608. The topological polar surface area (TPSA) is 86.6 Å². The van der Waals surface area contributed by atoms with Crippen molar-refractivity contribution >= 4 is 11.9 Å². The number of amides is 1. The zero-order valence-corrected chi connectivity index (χ0v) is 12.3. The number of aromatic carboxylic acids is 1. The Hall–Kier alpha value is -1.88. The number of nitrogens with one attached hydrogen (secondary N) is 1. The Balaban J connectivity index is 2.32. The van der Waals surface area contributed by atoms with Crippen molar-refractivity contribution in [3.05, 3.63) is 35.4 Å². The largest absolute Gasteiger partial charge is 0.478 e. The van der Waals surface area contributed by atoms with Crippen LogP contribution in [0.1, 0.15) is 48.5 Å². The molecule has 0 saturated heterocycles. The van der Waals surface area contributed by atoms with Crippen molar-refractivity contribution < 1.29 is 19.8 Å². The summed E-state index contributed by atoms with van der Waals surface area (Å²) < 4.78 is 0. The van der Waals surface area contributed by atoms with Gasteiger partial charge in [-0.3, -0.25) is 4.79 Å². The van der Waals surface area contributed by atoms with E-state index in [0.717, 1.165) is 12.8 Å². The van der Waals surface area contributed by atoms with Gasteiger partial charge in [0.2, 0.25) is 5.91 Å². The van der Waals surface area contributed by atoms with Crippen molar-refractivity contribution in [2.24, 2.45) is 0 Å². The minimum absolute atomic E-state index is 0.0961. The fraction of sp³-hybridized carbons (Fsp3) is 0.500. The average molecular weight is 293 g/mol. The van der Waals surface area contributed by atoms with Gasteiger partial charge >= 0.3 is 5.97 Å². The van der Waals surface area contributed by atoms with Gasteiger partial charge in [0.1, 0.15) is 0 Å². The van der Waals surface area contributed by atoms with E-state index < -0.39 is 5.97 Å². The van der Waals surface area contributed by atoms with Crippen LogP contribution in [0.5, 0.6) is 0 Å². The van der Waals surface area contributed by atoms with Gasteiger partial charge in [0.25, 0.3) is 0 Å². The Kier molecular flexibility index (Phi) is 7.46. The summed E-state index contributed by atoms with van der Waals surface area (Å²) in [5.74, 6) is -1.07. The minimum atomic E-state index is -0.973. The molecule has 0 saturated carbocycles. The molecule has 0 fully saturated rings. The molecule has 1 atom stereocenters. The smallest absolute Gasteiger partial charge is 0.335 e. The summed E-state index contributed by atoms with van der Waals surface area (Å²) in [6, 6.07) is 6.72. The molecule has 0 aromatic heterocycles. The zero-order valence-electron chi connectivity index (χ0n) is 12.3. The number of carbonyl (C=O) groups is 2. The van der Waals surface area contributed by atoms with Gasteiger partial charge in [-0.05, 0) is 37.3 Å². The second-order valence-electron chi connectivity index (χ2n) is 5.02. The number of aliphatic hydroxyl groups excluding tert-OH is 1. The normalized spacial score (nSPS) is 11.9. The summed E-state index contributed by atoms with van der Waals surface area (Å²) in [7, 11) is 0. The monoisotopic (exact) mass is 293 g/mol. The fourth-order valence-electron chi connectivity index (χ4n) is 2.05. The van der Waals surface area contributed by atoms with Crippen LogP contribution in [0.3, 0.4) is 0 Å². The number of carbonyl (C=O) groups excluding carboxylic acids is 1. The van der Waals surface area contributed by atoms with Gasteiger partial charge in [0.05, 0.1) is 11.7 Å². The number of aryl methyl sites for hydroxylation is 1. The first-order valence-corrected chi connectivity index (χ1v) is 7.30. The summed E-state index contributed by atoms with van der Waals surface area (Å²) in [6.45, 7) is 2.46. The van der Waals surface area contributed by atoms with Gasteiger partial charge < -0.3 is 15.5 Å². The Morgan fingerprint density at radius 3 is 2.67 bits per heavy atom. The molecule has 3 N–H and O–H groups in total. The maximum absolute atomic E-state index is 11.7. The van der Waals surface area contributed by atoms with Crippen LogP contribution >= 0.6 is 0 Å². The molecule has 0 heterocycles. The molecule has 1 unspecified atom stereocenters. The molecule has 1 amide bonds. The average Bonchev–Trinajstić information content (AvgIpc) is 2.49. The first kappa shape index (κ1) is 17.2. The van der Waals surface area contributed by atoms with Crippen LogP contribution in [0.4, 0.5) is 0 Å². The van der Waals surface area contributed by atoms with E-state index in [4.69, 9.17) is 5.11 Å². The maximum Gasteiger partial charge on any atom is 0.335 e. The summed E-state index contributed by atoms with van der Waals surface area (Å²) in [4.78, 5) is 22.7. The second kappa shape index (κ2) is 9.13. The SMILES string of the molecule is CCC(O)CCCNC(=O)CCc1ccccc1C(=O)O. The van der Waals surface area contributed by atoms with Crippen LogP contribution in [-0.4, -0.2) is 34.7 Å². The van der Waals surface area contributed by atoms with Crippen LogP contribution in [0.25, 0.3) is 0 Å². The summed E-state index contributed by atoms with van der Waals surface area (Å²) in [6.07, 6.45) is 2.52. The molecule has 116 valence electrons. The molecule has 1 aromatic carbocycles. The second-order valence-corrected chi connectivity index (χ2v) is 5.02. The molecule has 0 aliphatic carbocycles. The van der Waals surface area contributed by atoms with Crippen LogP contribution in [0, 0.1) is 0 Å². The molecule has 21 heavy (non-hydrogen) atoms. The Bertz CT molecular complexity index is 473. The predicted molar refractivity (Wildman–Crippen MR) is 80.3 cm³/mol. The molecule has 5 nitrogen and oxygen atoms in total. The standard InChI is InChI=1S/C16H23NO4/c1-2-13(18)7-5-11-17-15(19)10-9-12-6-3-4-8-14(12)16(20)21/h3-4,6,8,13,18H,2,5,7,9-11H2,1H3,(H,17,19)(H,20,21). The Labute approximate surface area is 125 Å². The molecule has 0 aliphatic rings. The summed E-state index contributed by atoms with van der Waals surface area (Å²) in [5.41, 5.74) is 0.915. The molecule has 1 aromatic rings. The Morgan fingerprint density at radius 2 is 2.00 bits per heavy atom. The molecular weight excluding hydrogens is 270 g/mol. The van der Waals surface area contributed by atoms with E-state index in [-0.39, 0.29) is 24.0 Å². The number of carboxylic acid groups (broad SMARTS) is 1. The molecule has 1 rings (SSSR count). The first-order valence-electron chi connectivity index (χ1n) is 7.30. The lowest BCUT2D eigenvalue weighted by Gasteiger charge is -2.09. The zero-order chi connectivity index (χ0) is 15.7. The molecule has 0 bridgehead atoms. The first-order chi connectivity index (χ1) is 10.0. The molecular formula is C16H23NO4. The predicted octanol–water partition coefficient (Wildman–Crippen LogP) is 1.98.